The first kappa shape index (κ1) is 14.1. The molecule has 0 aliphatic carbocycles. The van der Waals surface area contributed by atoms with Gasteiger partial charge in [0.15, 0.2) is 0 Å². The molecular formula is C14H14N2O3S. The molecule has 0 unspecified atom stereocenters. The minimum absolute atomic E-state index is 0.0269. The average molecular weight is 290 g/mol. The van der Waals surface area contributed by atoms with Gasteiger partial charge in [-0.2, -0.15) is 0 Å². The van der Waals surface area contributed by atoms with Gasteiger partial charge in [0.2, 0.25) is 5.91 Å². The molecule has 0 bridgehead atoms. The van der Waals surface area contributed by atoms with Crippen molar-refractivity contribution in [2.45, 2.75) is 11.8 Å². The van der Waals surface area contributed by atoms with E-state index in [1.165, 1.54) is 13.0 Å². The first-order chi connectivity index (χ1) is 9.49. The Labute approximate surface area is 117 Å². The number of nitrogens with one attached hydrogen (secondary N) is 2. The summed E-state index contributed by atoms with van der Waals surface area (Å²) in [4.78, 5) is 11.2. The smallest absolute Gasteiger partial charge is 0.263 e. The molecule has 6 heteroatoms. The van der Waals surface area contributed by atoms with Gasteiger partial charge in [0, 0.05) is 12.6 Å². The van der Waals surface area contributed by atoms with E-state index in [0.717, 1.165) is 0 Å². The van der Waals surface area contributed by atoms with E-state index < -0.39 is 10.0 Å². The predicted octanol–water partition coefficient (Wildman–Crippen LogP) is 2.45. The lowest BCUT2D eigenvalue weighted by Gasteiger charge is -2.12. The number of rotatable bonds is 4. The highest BCUT2D eigenvalue weighted by molar-refractivity contribution is 7.92. The molecule has 2 aromatic rings. The number of hydrogen-bond donors (Lipinski definition) is 2. The van der Waals surface area contributed by atoms with E-state index in [1.807, 2.05) is 0 Å². The molecule has 0 fully saturated rings. The molecule has 0 aromatic heterocycles. The van der Waals surface area contributed by atoms with Crippen molar-refractivity contribution in [2.75, 3.05) is 10.0 Å². The molecule has 0 aliphatic rings. The van der Waals surface area contributed by atoms with Gasteiger partial charge >= 0.3 is 0 Å². The molecule has 2 aromatic carbocycles. The molecule has 1 amide bonds. The quantitative estimate of drug-likeness (QED) is 0.908. The number of hydrogen-bond acceptors (Lipinski definition) is 3. The van der Waals surface area contributed by atoms with E-state index in [1.54, 1.807) is 48.5 Å². The lowest BCUT2D eigenvalue weighted by Crippen LogP contribution is -2.16. The summed E-state index contributed by atoms with van der Waals surface area (Å²) in [6, 6.07) is 14.8. The number of sulfonamides is 1. The van der Waals surface area contributed by atoms with Crippen LogP contribution in [0.1, 0.15) is 6.92 Å². The summed E-state index contributed by atoms with van der Waals surface area (Å²) in [6.07, 6.45) is 0. The van der Waals surface area contributed by atoms with Crippen LogP contribution in [0.25, 0.3) is 0 Å². The SMILES string of the molecule is CC(=O)Nc1ccccc1S(=O)(=O)Nc1ccccc1. The van der Waals surface area contributed by atoms with Gasteiger partial charge in [-0.1, -0.05) is 30.3 Å². The summed E-state index contributed by atoms with van der Waals surface area (Å²) < 4.78 is 27.2. The Morgan fingerprint density at radius 3 is 2.20 bits per heavy atom. The van der Waals surface area contributed by atoms with Crippen molar-refractivity contribution in [3.05, 3.63) is 54.6 Å². The highest BCUT2D eigenvalue weighted by Crippen LogP contribution is 2.23. The Balaban J connectivity index is 2.37. The summed E-state index contributed by atoms with van der Waals surface area (Å²) in [5, 5.41) is 2.51. The Bertz CT molecular complexity index is 712. The van der Waals surface area contributed by atoms with Gasteiger partial charge in [0.25, 0.3) is 10.0 Å². The van der Waals surface area contributed by atoms with E-state index in [2.05, 4.69) is 10.0 Å². The summed E-state index contributed by atoms with van der Waals surface area (Å²) >= 11 is 0. The fourth-order valence-corrected chi connectivity index (χ4v) is 2.93. The summed E-state index contributed by atoms with van der Waals surface area (Å²) in [5.41, 5.74) is 0.716. The fourth-order valence-electron chi connectivity index (χ4n) is 1.71. The van der Waals surface area contributed by atoms with E-state index in [-0.39, 0.29) is 16.5 Å². The second-order valence-corrected chi connectivity index (χ2v) is 5.80. The zero-order chi connectivity index (χ0) is 14.6. The molecule has 2 N–H and O–H groups in total. The molecule has 0 heterocycles. The average Bonchev–Trinajstić information content (AvgIpc) is 2.39. The first-order valence-electron chi connectivity index (χ1n) is 5.93. The summed E-state index contributed by atoms with van der Waals surface area (Å²) in [7, 11) is -3.75. The van der Waals surface area contributed by atoms with E-state index in [9.17, 15) is 13.2 Å². The Hall–Kier alpha value is -2.34. The number of para-hydroxylation sites is 2. The van der Waals surface area contributed by atoms with Crippen LogP contribution in [0.15, 0.2) is 59.5 Å². The molecule has 2 rings (SSSR count). The molecule has 0 aliphatic heterocycles. The molecule has 0 radical (unpaired) electrons. The zero-order valence-electron chi connectivity index (χ0n) is 10.8. The lowest BCUT2D eigenvalue weighted by molar-refractivity contribution is -0.114. The third-order valence-corrected chi connectivity index (χ3v) is 3.95. The second-order valence-electron chi connectivity index (χ2n) is 4.15. The van der Waals surface area contributed by atoms with Crippen molar-refractivity contribution in [3.63, 3.8) is 0 Å². The monoisotopic (exact) mass is 290 g/mol. The largest absolute Gasteiger partial charge is 0.325 e. The molecule has 0 saturated carbocycles. The molecular weight excluding hydrogens is 276 g/mol. The van der Waals surface area contributed by atoms with Crippen LogP contribution in [0.2, 0.25) is 0 Å². The molecule has 20 heavy (non-hydrogen) atoms. The van der Waals surface area contributed by atoms with Crippen LogP contribution in [-0.4, -0.2) is 14.3 Å². The normalized spacial score (nSPS) is 10.8. The van der Waals surface area contributed by atoms with Crippen LogP contribution < -0.4 is 10.0 Å². The number of amides is 1. The maximum atomic E-state index is 12.3. The van der Waals surface area contributed by atoms with Crippen LogP contribution in [0.5, 0.6) is 0 Å². The highest BCUT2D eigenvalue weighted by atomic mass is 32.2. The van der Waals surface area contributed by atoms with E-state index in [0.29, 0.717) is 5.69 Å². The molecule has 104 valence electrons. The maximum absolute atomic E-state index is 12.3. The summed E-state index contributed by atoms with van der Waals surface area (Å²) in [6.45, 7) is 1.33. The molecule has 0 atom stereocenters. The van der Waals surface area contributed by atoms with Gasteiger partial charge in [0.05, 0.1) is 5.69 Å². The number of carbonyl (C=O) groups is 1. The topological polar surface area (TPSA) is 75.3 Å². The Morgan fingerprint density at radius 1 is 0.950 bits per heavy atom. The summed E-state index contributed by atoms with van der Waals surface area (Å²) in [5.74, 6) is -0.327. The minimum atomic E-state index is -3.75. The number of benzene rings is 2. The van der Waals surface area contributed by atoms with Crippen LogP contribution >= 0.6 is 0 Å². The van der Waals surface area contributed by atoms with Crippen molar-refractivity contribution in [1.29, 1.82) is 0 Å². The van der Waals surface area contributed by atoms with Crippen molar-refractivity contribution in [3.8, 4) is 0 Å². The van der Waals surface area contributed by atoms with Gasteiger partial charge < -0.3 is 5.32 Å². The van der Waals surface area contributed by atoms with Gasteiger partial charge in [-0.05, 0) is 24.3 Å². The fraction of sp³-hybridized carbons (Fsp3) is 0.0714. The van der Waals surface area contributed by atoms with Gasteiger partial charge in [-0.15, -0.1) is 0 Å². The third-order valence-electron chi connectivity index (χ3n) is 2.51. The van der Waals surface area contributed by atoms with Crippen LogP contribution in [0.3, 0.4) is 0 Å². The Morgan fingerprint density at radius 2 is 1.55 bits per heavy atom. The van der Waals surface area contributed by atoms with Crippen molar-refractivity contribution in [2.24, 2.45) is 0 Å². The van der Waals surface area contributed by atoms with E-state index in [4.69, 9.17) is 0 Å². The lowest BCUT2D eigenvalue weighted by atomic mass is 10.3. The van der Waals surface area contributed by atoms with Crippen molar-refractivity contribution < 1.29 is 13.2 Å². The van der Waals surface area contributed by atoms with Crippen LogP contribution in [0, 0.1) is 0 Å². The maximum Gasteiger partial charge on any atom is 0.263 e. The predicted molar refractivity (Wildman–Crippen MR) is 78.0 cm³/mol. The molecule has 5 nitrogen and oxygen atoms in total. The zero-order valence-corrected chi connectivity index (χ0v) is 11.6. The van der Waals surface area contributed by atoms with Gasteiger partial charge in [-0.25, -0.2) is 8.42 Å². The van der Waals surface area contributed by atoms with E-state index >= 15 is 0 Å². The van der Waals surface area contributed by atoms with Crippen LogP contribution in [0.4, 0.5) is 11.4 Å². The molecule has 0 spiro atoms. The van der Waals surface area contributed by atoms with Crippen molar-refractivity contribution >= 4 is 27.3 Å². The minimum Gasteiger partial charge on any atom is -0.325 e. The number of anilines is 2. The third kappa shape index (κ3) is 3.36. The number of carbonyl (C=O) groups excluding carboxylic acids is 1. The van der Waals surface area contributed by atoms with Gasteiger partial charge in [-0.3, -0.25) is 9.52 Å². The van der Waals surface area contributed by atoms with Gasteiger partial charge in [0.1, 0.15) is 4.90 Å². The van der Waals surface area contributed by atoms with Crippen molar-refractivity contribution in [1.82, 2.24) is 0 Å². The first-order valence-corrected chi connectivity index (χ1v) is 7.42. The Kier molecular flexibility index (Phi) is 4.05. The van der Waals surface area contributed by atoms with Crippen LogP contribution in [-0.2, 0) is 14.8 Å². The second kappa shape index (κ2) is 5.75. The standard InChI is InChI=1S/C14H14N2O3S/c1-11(17)15-13-9-5-6-10-14(13)20(18,19)16-12-7-3-2-4-8-12/h2-10,16H,1H3,(H,15,17). The highest BCUT2D eigenvalue weighted by Gasteiger charge is 2.18. The molecule has 0 saturated heterocycles.